The molecule has 2 rings (SSSR count). The number of thiazole rings is 1. The van der Waals surface area contributed by atoms with Gasteiger partial charge in [-0.1, -0.05) is 23.7 Å². The lowest BCUT2D eigenvalue weighted by molar-refractivity contribution is 0.249. The lowest BCUT2D eigenvalue weighted by atomic mass is 10.1. The molecule has 0 spiro atoms. The third kappa shape index (κ3) is 3.45. The zero-order valence-corrected chi connectivity index (χ0v) is 11.3. The summed E-state index contributed by atoms with van der Waals surface area (Å²) in [6, 6.07) is 7.00. The third-order valence-electron chi connectivity index (χ3n) is 2.37. The van der Waals surface area contributed by atoms with E-state index in [0.29, 0.717) is 10.2 Å². The van der Waals surface area contributed by atoms with Crippen molar-refractivity contribution >= 4 is 34.1 Å². The molecule has 18 heavy (non-hydrogen) atoms. The van der Waals surface area contributed by atoms with Crippen LogP contribution in [0.1, 0.15) is 18.5 Å². The first-order valence-corrected chi connectivity index (χ1v) is 6.63. The number of benzene rings is 1. The maximum Gasteiger partial charge on any atom is 0.321 e. The lowest BCUT2D eigenvalue weighted by Crippen LogP contribution is -2.31. The van der Waals surface area contributed by atoms with E-state index in [4.69, 9.17) is 11.6 Å². The standard InChI is InChI=1S/C12H12ClN3OS/c1-8(9-2-4-10(13)5-3-9)15-11(17)16-12-14-6-7-18-12/h2-8H,1H3,(H2,14,15,16,17). The van der Waals surface area contributed by atoms with E-state index < -0.39 is 0 Å². The summed E-state index contributed by atoms with van der Waals surface area (Å²) in [7, 11) is 0. The second kappa shape index (κ2) is 5.84. The molecule has 0 saturated heterocycles. The minimum atomic E-state index is -0.271. The maximum atomic E-state index is 11.7. The summed E-state index contributed by atoms with van der Waals surface area (Å²) in [5, 5.41) is 8.55. The van der Waals surface area contributed by atoms with E-state index in [2.05, 4.69) is 15.6 Å². The van der Waals surface area contributed by atoms with Crippen molar-refractivity contribution in [3.63, 3.8) is 0 Å². The van der Waals surface area contributed by atoms with E-state index in [9.17, 15) is 4.79 Å². The Kier molecular flexibility index (Phi) is 4.17. The van der Waals surface area contributed by atoms with Gasteiger partial charge in [-0.2, -0.15) is 0 Å². The van der Waals surface area contributed by atoms with Gasteiger partial charge in [-0.05, 0) is 24.6 Å². The summed E-state index contributed by atoms with van der Waals surface area (Å²) in [6.07, 6.45) is 1.64. The van der Waals surface area contributed by atoms with Crippen molar-refractivity contribution in [1.29, 1.82) is 0 Å². The van der Waals surface area contributed by atoms with Gasteiger partial charge in [-0.25, -0.2) is 9.78 Å². The predicted molar refractivity (Wildman–Crippen MR) is 74.1 cm³/mol. The molecule has 2 amide bonds. The molecule has 2 N–H and O–H groups in total. The van der Waals surface area contributed by atoms with E-state index in [1.54, 1.807) is 23.7 Å². The zero-order valence-electron chi connectivity index (χ0n) is 9.68. The molecular weight excluding hydrogens is 270 g/mol. The molecule has 94 valence electrons. The van der Waals surface area contributed by atoms with E-state index in [0.717, 1.165) is 5.56 Å². The summed E-state index contributed by atoms with van der Waals surface area (Å²) in [5.74, 6) is 0. The molecule has 0 bridgehead atoms. The quantitative estimate of drug-likeness (QED) is 0.902. The number of hydrogen-bond donors (Lipinski definition) is 2. The fraction of sp³-hybridized carbons (Fsp3) is 0.167. The van der Waals surface area contributed by atoms with Crippen molar-refractivity contribution in [2.24, 2.45) is 0 Å². The molecule has 1 aromatic carbocycles. The van der Waals surface area contributed by atoms with Gasteiger partial charge in [0, 0.05) is 16.6 Å². The molecule has 0 aliphatic rings. The topological polar surface area (TPSA) is 54.0 Å². The third-order valence-corrected chi connectivity index (χ3v) is 3.31. The number of carbonyl (C=O) groups is 1. The van der Waals surface area contributed by atoms with Crippen LogP contribution in [-0.4, -0.2) is 11.0 Å². The number of rotatable bonds is 3. The SMILES string of the molecule is CC(NC(=O)Nc1nccs1)c1ccc(Cl)cc1. The molecule has 1 atom stereocenters. The Balaban J connectivity index is 1.92. The predicted octanol–water partition coefficient (Wildman–Crippen LogP) is 3.68. The summed E-state index contributed by atoms with van der Waals surface area (Å²) in [6.45, 7) is 1.91. The molecule has 0 fully saturated rings. The first-order chi connectivity index (χ1) is 8.65. The van der Waals surface area contributed by atoms with Gasteiger partial charge in [0.05, 0.1) is 6.04 Å². The Morgan fingerprint density at radius 1 is 1.39 bits per heavy atom. The van der Waals surface area contributed by atoms with Gasteiger partial charge >= 0.3 is 6.03 Å². The zero-order chi connectivity index (χ0) is 13.0. The summed E-state index contributed by atoms with van der Waals surface area (Å²) >= 11 is 7.19. The van der Waals surface area contributed by atoms with Crippen LogP contribution in [0.25, 0.3) is 0 Å². The Morgan fingerprint density at radius 2 is 2.11 bits per heavy atom. The number of urea groups is 1. The van der Waals surface area contributed by atoms with Crippen LogP contribution in [0.2, 0.25) is 5.02 Å². The largest absolute Gasteiger partial charge is 0.331 e. The molecule has 1 unspecified atom stereocenters. The van der Waals surface area contributed by atoms with Gasteiger partial charge in [0.1, 0.15) is 0 Å². The summed E-state index contributed by atoms with van der Waals surface area (Å²) in [5.41, 5.74) is 0.994. The molecule has 0 radical (unpaired) electrons. The van der Waals surface area contributed by atoms with Crippen molar-refractivity contribution in [3.8, 4) is 0 Å². The van der Waals surface area contributed by atoms with Crippen molar-refractivity contribution in [2.45, 2.75) is 13.0 Å². The Hall–Kier alpha value is -1.59. The minimum absolute atomic E-state index is 0.0952. The summed E-state index contributed by atoms with van der Waals surface area (Å²) in [4.78, 5) is 15.7. The van der Waals surface area contributed by atoms with Crippen LogP contribution in [-0.2, 0) is 0 Å². The molecule has 0 aliphatic carbocycles. The average Bonchev–Trinajstić information content (AvgIpc) is 2.82. The minimum Gasteiger partial charge on any atom is -0.331 e. The molecule has 2 aromatic rings. The van der Waals surface area contributed by atoms with Gasteiger partial charge in [0.25, 0.3) is 0 Å². The van der Waals surface area contributed by atoms with Crippen molar-refractivity contribution in [3.05, 3.63) is 46.4 Å². The smallest absolute Gasteiger partial charge is 0.321 e. The Labute approximate surface area is 114 Å². The lowest BCUT2D eigenvalue weighted by Gasteiger charge is -2.14. The van der Waals surface area contributed by atoms with Crippen LogP contribution in [0.3, 0.4) is 0 Å². The van der Waals surface area contributed by atoms with Crippen LogP contribution in [0.5, 0.6) is 0 Å². The Bertz CT molecular complexity index is 513. The number of nitrogens with one attached hydrogen (secondary N) is 2. The van der Waals surface area contributed by atoms with E-state index in [-0.39, 0.29) is 12.1 Å². The van der Waals surface area contributed by atoms with Crippen LogP contribution in [0.15, 0.2) is 35.8 Å². The van der Waals surface area contributed by atoms with Crippen molar-refractivity contribution < 1.29 is 4.79 Å². The first kappa shape index (κ1) is 12.9. The molecular formula is C12H12ClN3OS. The van der Waals surface area contributed by atoms with Gasteiger partial charge < -0.3 is 5.32 Å². The van der Waals surface area contributed by atoms with E-state index >= 15 is 0 Å². The highest BCUT2D eigenvalue weighted by Crippen LogP contribution is 2.16. The number of nitrogens with zero attached hydrogens (tertiary/aromatic N) is 1. The number of carbonyl (C=O) groups excluding carboxylic acids is 1. The fourth-order valence-electron chi connectivity index (χ4n) is 1.45. The van der Waals surface area contributed by atoms with E-state index in [1.165, 1.54) is 11.3 Å². The molecule has 0 aliphatic heterocycles. The first-order valence-electron chi connectivity index (χ1n) is 5.37. The van der Waals surface area contributed by atoms with Gasteiger partial charge in [-0.15, -0.1) is 11.3 Å². The normalized spacial score (nSPS) is 11.9. The van der Waals surface area contributed by atoms with Crippen LogP contribution in [0, 0.1) is 0 Å². The molecule has 1 aromatic heterocycles. The Morgan fingerprint density at radius 3 is 2.72 bits per heavy atom. The highest BCUT2D eigenvalue weighted by Gasteiger charge is 2.10. The second-order valence-electron chi connectivity index (χ2n) is 3.71. The highest BCUT2D eigenvalue weighted by atomic mass is 35.5. The number of hydrogen-bond acceptors (Lipinski definition) is 3. The number of anilines is 1. The fourth-order valence-corrected chi connectivity index (χ4v) is 2.10. The molecule has 1 heterocycles. The molecule has 0 saturated carbocycles. The van der Waals surface area contributed by atoms with Crippen molar-refractivity contribution in [2.75, 3.05) is 5.32 Å². The second-order valence-corrected chi connectivity index (χ2v) is 5.04. The highest BCUT2D eigenvalue weighted by molar-refractivity contribution is 7.13. The number of halogens is 1. The number of amides is 2. The van der Waals surface area contributed by atoms with Gasteiger partial charge in [-0.3, -0.25) is 5.32 Å². The number of aromatic nitrogens is 1. The van der Waals surface area contributed by atoms with E-state index in [1.807, 2.05) is 19.1 Å². The molecule has 4 nitrogen and oxygen atoms in total. The van der Waals surface area contributed by atoms with Crippen molar-refractivity contribution in [1.82, 2.24) is 10.3 Å². The monoisotopic (exact) mass is 281 g/mol. The average molecular weight is 282 g/mol. The molecule has 6 heteroatoms. The van der Waals surface area contributed by atoms with Crippen LogP contribution in [0.4, 0.5) is 9.93 Å². The van der Waals surface area contributed by atoms with Crippen LogP contribution < -0.4 is 10.6 Å². The van der Waals surface area contributed by atoms with Crippen LogP contribution >= 0.6 is 22.9 Å². The summed E-state index contributed by atoms with van der Waals surface area (Å²) < 4.78 is 0. The maximum absolute atomic E-state index is 11.7. The van der Waals surface area contributed by atoms with Gasteiger partial charge in [0.15, 0.2) is 5.13 Å². The van der Waals surface area contributed by atoms with Gasteiger partial charge in [0.2, 0.25) is 0 Å².